The Labute approximate surface area is 142 Å². The predicted molar refractivity (Wildman–Crippen MR) is 91.5 cm³/mol. The van der Waals surface area contributed by atoms with Crippen LogP contribution < -0.4 is 5.32 Å². The maximum Gasteiger partial charge on any atom is 0.317 e. The number of carbonyl (C=O) groups is 1. The first kappa shape index (κ1) is 16.5. The molecule has 1 aromatic carbocycles. The number of benzene rings is 1. The molecular formula is C18H24N4O2. The van der Waals surface area contributed by atoms with Crippen LogP contribution in [-0.4, -0.2) is 45.5 Å². The summed E-state index contributed by atoms with van der Waals surface area (Å²) < 4.78 is 1.75. The van der Waals surface area contributed by atoms with Crippen LogP contribution in [0, 0.1) is 0 Å². The lowest BCUT2D eigenvalue weighted by atomic mass is 9.95. The monoisotopic (exact) mass is 328 g/mol. The molecule has 1 aliphatic rings. The molecule has 0 spiro atoms. The van der Waals surface area contributed by atoms with Gasteiger partial charge in [-0.15, -0.1) is 0 Å². The van der Waals surface area contributed by atoms with Crippen LogP contribution in [0.5, 0.6) is 0 Å². The molecule has 24 heavy (non-hydrogen) atoms. The zero-order valence-corrected chi connectivity index (χ0v) is 13.8. The third kappa shape index (κ3) is 4.14. The van der Waals surface area contributed by atoms with Crippen LogP contribution in [0.1, 0.15) is 30.0 Å². The van der Waals surface area contributed by atoms with Gasteiger partial charge in [-0.25, -0.2) is 4.79 Å². The summed E-state index contributed by atoms with van der Waals surface area (Å²) in [5, 5.41) is 16.5. The van der Waals surface area contributed by atoms with Gasteiger partial charge in [0.25, 0.3) is 0 Å². The van der Waals surface area contributed by atoms with Crippen molar-refractivity contribution in [2.75, 3.05) is 19.7 Å². The van der Waals surface area contributed by atoms with Crippen LogP contribution in [0.4, 0.5) is 4.79 Å². The number of likely N-dealkylation sites (tertiary alicyclic amines) is 1. The van der Waals surface area contributed by atoms with Gasteiger partial charge in [-0.1, -0.05) is 30.3 Å². The first-order valence-electron chi connectivity index (χ1n) is 8.47. The number of urea groups is 1. The minimum absolute atomic E-state index is 0.0154. The van der Waals surface area contributed by atoms with Gasteiger partial charge >= 0.3 is 6.03 Å². The fraction of sp³-hybridized carbons (Fsp3) is 0.444. The van der Waals surface area contributed by atoms with Crippen molar-refractivity contribution in [2.45, 2.75) is 31.8 Å². The molecule has 0 aliphatic carbocycles. The molecule has 1 atom stereocenters. The standard InChI is InChI=1S/C18H24N4O2/c23-12-11-22-10-8-17(20-22)16-7-4-9-21(14-16)18(24)19-13-15-5-2-1-3-6-15/h1-3,5-6,8,10,16,23H,4,7,9,11-14H2,(H,19,24)/t16-/m0/s1. The molecule has 0 saturated carbocycles. The number of amides is 2. The second-order valence-electron chi connectivity index (χ2n) is 6.16. The Balaban J connectivity index is 1.55. The van der Waals surface area contributed by atoms with Crippen LogP contribution in [0.2, 0.25) is 0 Å². The fourth-order valence-corrected chi connectivity index (χ4v) is 3.11. The van der Waals surface area contributed by atoms with E-state index in [2.05, 4.69) is 10.4 Å². The molecule has 2 aromatic rings. The lowest BCUT2D eigenvalue weighted by Gasteiger charge is -2.32. The normalized spacial score (nSPS) is 17.7. The zero-order valence-electron chi connectivity index (χ0n) is 13.8. The minimum Gasteiger partial charge on any atom is -0.394 e. The van der Waals surface area contributed by atoms with Gasteiger partial charge in [0.1, 0.15) is 0 Å². The Hall–Kier alpha value is -2.34. The van der Waals surface area contributed by atoms with Crippen LogP contribution in [-0.2, 0) is 13.1 Å². The highest BCUT2D eigenvalue weighted by Gasteiger charge is 2.26. The highest BCUT2D eigenvalue weighted by molar-refractivity contribution is 5.74. The molecule has 1 saturated heterocycles. The number of hydrogen-bond acceptors (Lipinski definition) is 3. The summed E-state index contributed by atoms with van der Waals surface area (Å²) >= 11 is 0. The quantitative estimate of drug-likeness (QED) is 0.881. The van der Waals surface area contributed by atoms with Crippen molar-refractivity contribution < 1.29 is 9.90 Å². The Morgan fingerprint density at radius 1 is 1.29 bits per heavy atom. The van der Waals surface area contributed by atoms with Crippen molar-refractivity contribution in [2.24, 2.45) is 0 Å². The number of hydrogen-bond donors (Lipinski definition) is 2. The van der Waals surface area contributed by atoms with Gasteiger partial charge in [0.2, 0.25) is 0 Å². The van der Waals surface area contributed by atoms with E-state index in [0.29, 0.717) is 19.6 Å². The topological polar surface area (TPSA) is 70.4 Å². The van der Waals surface area contributed by atoms with E-state index in [0.717, 1.165) is 30.6 Å². The van der Waals surface area contributed by atoms with Crippen molar-refractivity contribution in [1.29, 1.82) is 0 Å². The van der Waals surface area contributed by atoms with Crippen LogP contribution in [0.25, 0.3) is 0 Å². The first-order chi connectivity index (χ1) is 11.8. The average molecular weight is 328 g/mol. The number of aliphatic hydroxyl groups is 1. The lowest BCUT2D eigenvalue weighted by molar-refractivity contribution is 0.178. The van der Waals surface area contributed by atoms with Gasteiger partial charge in [0.15, 0.2) is 0 Å². The molecular weight excluding hydrogens is 304 g/mol. The molecule has 128 valence electrons. The summed E-state index contributed by atoms with van der Waals surface area (Å²) in [4.78, 5) is 14.3. The number of nitrogens with one attached hydrogen (secondary N) is 1. The molecule has 2 amide bonds. The van der Waals surface area contributed by atoms with Crippen LogP contribution in [0.15, 0.2) is 42.6 Å². The molecule has 0 unspecified atom stereocenters. The van der Waals surface area contributed by atoms with Gasteiger partial charge in [-0.3, -0.25) is 4.68 Å². The second-order valence-corrected chi connectivity index (χ2v) is 6.16. The van der Waals surface area contributed by atoms with Gasteiger partial charge in [0, 0.05) is 31.7 Å². The number of aromatic nitrogens is 2. The molecule has 1 aromatic heterocycles. The first-order valence-corrected chi connectivity index (χ1v) is 8.47. The molecule has 6 nitrogen and oxygen atoms in total. The van der Waals surface area contributed by atoms with Gasteiger partial charge < -0.3 is 15.3 Å². The Morgan fingerprint density at radius 2 is 2.12 bits per heavy atom. The highest BCUT2D eigenvalue weighted by Crippen LogP contribution is 2.25. The van der Waals surface area contributed by atoms with Crippen molar-refractivity contribution in [3.8, 4) is 0 Å². The smallest absolute Gasteiger partial charge is 0.317 e. The predicted octanol–water partition coefficient (Wildman–Crippen LogP) is 1.96. The molecule has 6 heteroatoms. The van der Waals surface area contributed by atoms with Crippen molar-refractivity contribution in [1.82, 2.24) is 20.0 Å². The van der Waals surface area contributed by atoms with Crippen molar-refractivity contribution in [3.05, 3.63) is 53.9 Å². The second kappa shape index (κ2) is 7.97. The maximum absolute atomic E-state index is 12.4. The van der Waals surface area contributed by atoms with E-state index in [1.807, 2.05) is 47.5 Å². The molecule has 1 aliphatic heterocycles. The van der Waals surface area contributed by atoms with Crippen molar-refractivity contribution >= 4 is 6.03 Å². The molecule has 3 rings (SSSR count). The molecule has 2 N–H and O–H groups in total. The van der Waals surface area contributed by atoms with E-state index in [4.69, 9.17) is 5.11 Å². The van der Waals surface area contributed by atoms with Gasteiger partial charge in [0.05, 0.1) is 18.8 Å². The van der Waals surface area contributed by atoms with E-state index in [1.54, 1.807) is 4.68 Å². The SMILES string of the molecule is O=C(NCc1ccccc1)N1CCC[C@H](c2ccn(CCO)n2)C1. The summed E-state index contributed by atoms with van der Waals surface area (Å²) in [5.41, 5.74) is 2.10. The molecule has 0 radical (unpaired) electrons. The minimum atomic E-state index is -0.0154. The summed E-state index contributed by atoms with van der Waals surface area (Å²) in [7, 11) is 0. The number of carbonyl (C=O) groups excluding carboxylic acids is 1. The Kier molecular flexibility index (Phi) is 5.48. The number of piperidine rings is 1. The molecule has 1 fully saturated rings. The number of nitrogens with zero attached hydrogens (tertiary/aromatic N) is 3. The largest absolute Gasteiger partial charge is 0.394 e. The lowest BCUT2D eigenvalue weighted by Crippen LogP contribution is -2.44. The average Bonchev–Trinajstić information content (AvgIpc) is 3.10. The van der Waals surface area contributed by atoms with E-state index in [9.17, 15) is 4.79 Å². The number of rotatable bonds is 5. The third-order valence-corrected chi connectivity index (χ3v) is 4.40. The van der Waals surface area contributed by atoms with Crippen LogP contribution >= 0.6 is 0 Å². The fourth-order valence-electron chi connectivity index (χ4n) is 3.11. The highest BCUT2D eigenvalue weighted by atomic mass is 16.3. The third-order valence-electron chi connectivity index (χ3n) is 4.40. The summed E-state index contributed by atoms with van der Waals surface area (Å²) in [6, 6.07) is 11.9. The maximum atomic E-state index is 12.4. The van der Waals surface area contributed by atoms with E-state index < -0.39 is 0 Å². The van der Waals surface area contributed by atoms with Crippen molar-refractivity contribution in [3.63, 3.8) is 0 Å². The Bertz CT molecular complexity index is 656. The van der Waals surface area contributed by atoms with E-state index >= 15 is 0 Å². The Morgan fingerprint density at radius 3 is 2.92 bits per heavy atom. The van der Waals surface area contributed by atoms with Gasteiger partial charge in [-0.05, 0) is 24.5 Å². The number of aliphatic hydroxyl groups excluding tert-OH is 1. The summed E-state index contributed by atoms with van der Waals surface area (Å²) in [6.07, 6.45) is 3.91. The van der Waals surface area contributed by atoms with E-state index in [-0.39, 0.29) is 18.6 Å². The van der Waals surface area contributed by atoms with E-state index in [1.165, 1.54) is 0 Å². The zero-order chi connectivity index (χ0) is 16.8. The summed E-state index contributed by atoms with van der Waals surface area (Å²) in [5.74, 6) is 0.265. The van der Waals surface area contributed by atoms with Crippen LogP contribution in [0.3, 0.4) is 0 Å². The van der Waals surface area contributed by atoms with Gasteiger partial charge in [-0.2, -0.15) is 5.10 Å². The molecule has 2 heterocycles. The summed E-state index contributed by atoms with van der Waals surface area (Å²) in [6.45, 7) is 2.62. The molecule has 0 bridgehead atoms.